The van der Waals surface area contributed by atoms with Crippen LogP contribution in [0.1, 0.15) is 12.8 Å². The fourth-order valence-corrected chi connectivity index (χ4v) is 1.74. The second kappa shape index (κ2) is 6.64. The molecule has 0 unspecified atom stereocenters. The van der Waals surface area contributed by atoms with Gasteiger partial charge < -0.3 is 10.4 Å². The lowest BCUT2D eigenvalue weighted by atomic mass is 10.2. The first kappa shape index (κ1) is 13.2. The lowest BCUT2D eigenvalue weighted by molar-refractivity contribution is -0.384. The van der Waals surface area contributed by atoms with Crippen LogP contribution in [0.15, 0.2) is 18.2 Å². The van der Waals surface area contributed by atoms with Gasteiger partial charge >= 0.3 is 0 Å². The van der Waals surface area contributed by atoms with Crippen molar-refractivity contribution >= 4 is 34.0 Å². The normalized spacial score (nSPS) is 10.1. The minimum Gasteiger partial charge on any atom is -0.396 e. The summed E-state index contributed by atoms with van der Waals surface area (Å²) in [6.45, 7) is 0.776. The monoisotopic (exact) mass is 336 g/mol. The van der Waals surface area contributed by atoms with E-state index in [1.807, 2.05) is 28.7 Å². The van der Waals surface area contributed by atoms with Crippen molar-refractivity contribution in [1.29, 1.82) is 0 Å². The minimum absolute atomic E-state index is 0.0934. The average molecular weight is 336 g/mol. The Bertz CT molecular complexity index is 371. The Morgan fingerprint density at radius 2 is 2.19 bits per heavy atom. The smallest absolute Gasteiger partial charge is 0.293 e. The summed E-state index contributed by atoms with van der Waals surface area (Å²) in [7, 11) is 0. The number of benzene rings is 1. The number of rotatable bonds is 6. The molecule has 1 rings (SSSR count). The Morgan fingerprint density at radius 3 is 2.81 bits per heavy atom. The van der Waals surface area contributed by atoms with E-state index in [-0.39, 0.29) is 12.3 Å². The highest BCUT2D eigenvalue weighted by Crippen LogP contribution is 2.26. The van der Waals surface area contributed by atoms with E-state index < -0.39 is 4.92 Å². The van der Waals surface area contributed by atoms with E-state index in [1.165, 1.54) is 6.07 Å². The van der Waals surface area contributed by atoms with Crippen LogP contribution in [-0.4, -0.2) is 23.2 Å². The van der Waals surface area contributed by atoms with E-state index in [2.05, 4.69) is 5.32 Å². The van der Waals surface area contributed by atoms with Gasteiger partial charge in [-0.05, 0) is 47.6 Å². The van der Waals surface area contributed by atoms with Gasteiger partial charge in [-0.15, -0.1) is 0 Å². The number of nitrogens with zero attached hydrogens (tertiary/aromatic N) is 1. The molecular weight excluding hydrogens is 323 g/mol. The van der Waals surface area contributed by atoms with Crippen molar-refractivity contribution in [2.45, 2.75) is 12.8 Å². The molecule has 2 N–H and O–H groups in total. The van der Waals surface area contributed by atoms with Crippen LogP contribution in [-0.2, 0) is 0 Å². The Hall–Kier alpha value is -0.890. The molecule has 0 saturated carbocycles. The van der Waals surface area contributed by atoms with Crippen LogP contribution >= 0.6 is 22.6 Å². The number of anilines is 1. The maximum absolute atomic E-state index is 10.8. The van der Waals surface area contributed by atoms with Crippen molar-refractivity contribution in [2.24, 2.45) is 0 Å². The van der Waals surface area contributed by atoms with Gasteiger partial charge in [0.2, 0.25) is 0 Å². The van der Waals surface area contributed by atoms with Crippen molar-refractivity contribution in [3.63, 3.8) is 0 Å². The van der Waals surface area contributed by atoms with Gasteiger partial charge in [0.15, 0.2) is 0 Å². The lowest BCUT2D eigenvalue weighted by Crippen LogP contribution is -2.05. The number of nitro benzene ring substituents is 1. The van der Waals surface area contributed by atoms with E-state index in [0.717, 1.165) is 9.99 Å². The van der Waals surface area contributed by atoms with Gasteiger partial charge in [-0.2, -0.15) is 0 Å². The van der Waals surface area contributed by atoms with Crippen LogP contribution < -0.4 is 5.32 Å². The zero-order chi connectivity index (χ0) is 12.0. The molecule has 0 spiro atoms. The molecule has 0 heterocycles. The number of unbranched alkanes of at least 4 members (excludes halogenated alkanes) is 1. The molecule has 1 aromatic rings. The lowest BCUT2D eigenvalue weighted by Gasteiger charge is -2.06. The van der Waals surface area contributed by atoms with E-state index >= 15 is 0 Å². The Labute approximate surface area is 107 Å². The molecular formula is C10H13IN2O3. The maximum Gasteiger partial charge on any atom is 0.293 e. The van der Waals surface area contributed by atoms with Gasteiger partial charge in [-0.1, -0.05) is 0 Å². The molecule has 1 aromatic carbocycles. The van der Waals surface area contributed by atoms with Crippen LogP contribution in [0.2, 0.25) is 0 Å². The van der Waals surface area contributed by atoms with E-state index in [1.54, 1.807) is 6.07 Å². The number of halogens is 1. The van der Waals surface area contributed by atoms with Gasteiger partial charge in [-0.25, -0.2) is 0 Å². The van der Waals surface area contributed by atoms with Gasteiger partial charge in [-0.3, -0.25) is 10.1 Å². The third-order valence-corrected chi connectivity index (χ3v) is 2.73. The summed E-state index contributed by atoms with van der Waals surface area (Å²) in [5.41, 5.74) is 0.624. The first-order chi connectivity index (χ1) is 7.65. The zero-order valence-electron chi connectivity index (χ0n) is 8.65. The highest BCUT2D eigenvalue weighted by atomic mass is 127. The number of nitrogens with one attached hydrogen (secondary N) is 1. The summed E-state index contributed by atoms with van der Waals surface area (Å²) in [5.74, 6) is 0. The Morgan fingerprint density at radius 1 is 1.44 bits per heavy atom. The van der Waals surface area contributed by atoms with E-state index in [0.29, 0.717) is 18.7 Å². The molecule has 0 saturated heterocycles. The van der Waals surface area contributed by atoms with Crippen LogP contribution in [0.25, 0.3) is 0 Å². The Kier molecular flexibility index (Phi) is 5.47. The largest absolute Gasteiger partial charge is 0.396 e. The molecule has 0 aromatic heterocycles. The van der Waals surface area contributed by atoms with E-state index in [4.69, 9.17) is 5.11 Å². The van der Waals surface area contributed by atoms with Crippen LogP contribution in [0, 0.1) is 13.7 Å². The second-order valence-electron chi connectivity index (χ2n) is 3.28. The number of hydrogen-bond acceptors (Lipinski definition) is 4. The Balaban J connectivity index is 2.67. The molecule has 0 amide bonds. The molecule has 0 bridgehead atoms. The molecule has 0 fully saturated rings. The summed E-state index contributed by atoms with van der Waals surface area (Å²) < 4.78 is 0.838. The van der Waals surface area contributed by atoms with Crippen molar-refractivity contribution in [3.8, 4) is 0 Å². The molecule has 0 atom stereocenters. The SMILES string of the molecule is O=[N+]([O-])c1cc(I)ccc1NCCCCO. The molecule has 0 radical (unpaired) electrons. The number of nitro groups is 1. The van der Waals surface area contributed by atoms with Gasteiger partial charge in [0.1, 0.15) is 5.69 Å². The molecule has 0 aliphatic heterocycles. The van der Waals surface area contributed by atoms with Crippen molar-refractivity contribution in [1.82, 2.24) is 0 Å². The fraction of sp³-hybridized carbons (Fsp3) is 0.400. The van der Waals surface area contributed by atoms with Crippen molar-refractivity contribution in [2.75, 3.05) is 18.5 Å². The number of hydrogen-bond donors (Lipinski definition) is 2. The van der Waals surface area contributed by atoms with Crippen molar-refractivity contribution in [3.05, 3.63) is 31.9 Å². The zero-order valence-corrected chi connectivity index (χ0v) is 10.8. The van der Waals surface area contributed by atoms with Crippen LogP contribution in [0.5, 0.6) is 0 Å². The maximum atomic E-state index is 10.8. The quantitative estimate of drug-likeness (QED) is 0.362. The van der Waals surface area contributed by atoms with Gasteiger partial charge in [0.05, 0.1) is 4.92 Å². The molecule has 0 aliphatic rings. The first-order valence-corrected chi connectivity index (χ1v) is 6.01. The molecule has 0 aliphatic carbocycles. The number of aliphatic hydroxyl groups is 1. The standard InChI is InChI=1S/C10H13IN2O3/c11-8-3-4-9(10(7-8)13(15)16)12-5-1-2-6-14/h3-4,7,12,14H,1-2,5-6H2. The predicted molar refractivity (Wildman–Crippen MR) is 70.6 cm³/mol. The predicted octanol–water partition coefficient (Wildman–Crippen LogP) is 2.38. The third-order valence-electron chi connectivity index (χ3n) is 2.06. The average Bonchev–Trinajstić information content (AvgIpc) is 2.26. The number of aliphatic hydroxyl groups excluding tert-OH is 1. The van der Waals surface area contributed by atoms with Crippen LogP contribution in [0.4, 0.5) is 11.4 Å². The molecule has 88 valence electrons. The van der Waals surface area contributed by atoms with Crippen molar-refractivity contribution < 1.29 is 10.0 Å². The first-order valence-electron chi connectivity index (χ1n) is 4.94. The summed E-state index contributed by atoms with van der Waals surface area (Å²) in [6.07, 6.45) is 1.49. The fourth-order valence-electron chi connectivity index (χ4n) is 1.27. The molecule has 16 heavy (non-hydrogen) atoms. The highest BCUT2D eigenvalue weighted by Gasteiger charge is 2.13. The van der Waals surface area contributed by atoms with Gasteiger partial charge in [0, 0.05) is 22.8 Å². The third kappa shape index (κ3) is 3.93. The summed E-state index contributed by atoms with van der Waals surface area (Å²) >= 11 is 2.04. The summed E-state index contributed by atoms with van der Waals surface area (Å²) in [5, 5.41) is 22.4. The topological polar surface area (TPSA) is 75.4 Å². The second-order valence-corrected chi connectivity index (χ2v) is 4.52. The van der Waals surface area contributed by atoms with E-state index in [9.17, 15) is 10.1 Å². The van der Waals surface area contributed by atoms with Crippen LogP contribution in [0.3, 0.4) is 0 Å². The summed E-state index contributed by atoms with van der Waals surface area (Å²) in [6, 6.07) is 5.07. The summed E-state index contributed by atoms with van der Waals surface area (Å²) in [4.78, 5) is 10.4. The minimum atomic E-state index is -0.392. The molecule has 5 nitrogen and oxygen atoms in total. The van der Waals surface area contributed by atoms with Gasteiger partial charge in [0.25, 0.3) is 5.69 Å². The molecule has 6 heteroatoms. The highest BCUT2D eigenvalue weighted by molar-refractivity contribution is 14.1.